The minimum atomic E-state index is -0.565. The molecular formula is C15H20ClFN2O. The summed E-state index contributed by atoms with van der Waals surface area (Å²) in [5.41, 5.74) is 6.13. The predicted molar refractivity (Wildman–Crippen MR) is 78.3 cm³/mol. The van der Waals surface area contributed by atoms with Gasteiger partial charge in [0.2, 0.25) is 0 Å². The zero-order valence-electron chi connectivity index (χ0n) is 11.6. The fraction of sp³-hybridized carbons (Fsp3) is 0.533. The van der Waals surface area contributed by atoms with Crippen molar-refractivity contribution in [2.45, 2.75) is 31.7 Å². The summed E-state index contributed by atoms with van der Waals surface area (Å²) in [7, 11) is 1.77. The van der Waals surface area contributed by atoms with Crippen molar-refractivity contribution >= 4 is 17.5 Å². The van der Waals surface area contributed by atoms with Crippen LogP contribution in [0.15, 0.2) is 18.2 Å². The summed E-state index contributed by atoms with van der Waals surface area (Å²) >= 11 is 5.64. The number of benzene rings is 1. The lowest BCUT2D eigenvalue weighted by Crippen LogP contribution is -2.45. The van der Waals surface area contributed by atoms with E-state index < -0.39 is 5.82 Å². The predicted octanol–water partition coefficient (Wildman–Crippen LogP) is 3.07. The second kappa shape index (κ2) is 6.55. The standard InChI is InChI=1S/C15H20ClFN2O/c1-19(14-5-3-2-4-11(14)9-18)15(20)10-6-7-12(16)13(17)8-10/h6-8,11,14H,2-5,9,18H2,1H3. The van der Waals surface area contributed by atoms with Crippen LogP contribution in [0, 0.1) is 11.7 Å². The molecule has 1 aromatic carbocycles. The maximum absolute atomic E-state index is 13.5. The molecule has 1 aliphatic rings. The van der Waals surface area contributed by atoms with Gasteiger partial charge in [0.1, 0.15) is 5.82 Å². The second-order valence-electron chi connectivity index (χ2n) is 5.39. The molecule has 2 atom stereocenters. The Balaban J connectivity index is 2.16. The van der Waals surface area contributed by atoms with E-state index in [-0.39, 0.29) is 17.0 Å². The molecule has 2 unspecified atom stereocenters. The average Bonchev–Trinajstić information content (AvgIpc) is 2.48. The molecule has 0 aromatic heterocycles. The van der Waals surface area contributed by atoms with Crippen LogP contribution in [-0.2, 0) is 0 Å². The van der Waals surface area contributed by atoms with Gasteiger partial charge in [-0.2, -0.15) is 0 Å². The van der Waals surface area contributed by atoms with Gasteiger partial charge in [-0.1, -0.05) is 24.4 Å². The first kappa shape index (κ1) is 15.3. The van der Waals surface area contributed by atoms with Gasteiger partial charge >= 0.3 is 0 Å². The summed E-state index contributed by atoms with van der Waals surface area (Å²) in [5.74, 6) is -0.411. The summed E-state index contributed by atoms with van der Waals surface area (Å²) in [4.78, 5) is 14.2. The van der Waals surface area contributed by atoms with Crippen molar-refractivity contribution in [2.75, 3.05) is 13.6 Å². The van der Waals surface area contributed by atoms with Crippen molar-refractivity contribution in [3.05, 3.63) is 34.6 Å². The van der Waals surface area contributed by atoms with Crippen LogP contribution in [0.1, 0.15) is 36.0 Å². The largest absolute Gasteiger partial charge is 0.338 e. The Morgan fingerprint density at radius 2 is 2.15 bits per heavy atom. The van der Waals surface area contributed by atoms with Gasteiger partial charge in [0.05, 0.1) is 5.02 Å². The summed E-state index contributed by atoms with van der Waals surface area (Å²) in [6.07, 6.45) is 4.28. The maximum atomic E-state index is 13.5. The zero-order valence-corrected chi connectivity index (χ0v) is 12.4. The van der Waals surface area contributed by atoms with Crippen molar-refractivity contribution in [1.82, 2.24) is 4.90 Å². The first-order chi connectivity index (χ1) is 9.54. The lowest BCUT2D eigenvalue weighted by Gasteiger charge is -2.37. The average molecular weight is 299 g/mol. The lowest BCUT2D eigenvalue weighted by atomic mass is 9.83. The SMILES string of the molecule is CN(C(=O)c1ccc(Cl)c(F)c1)C1CCCCC1CN. The molecule has 0 spiro atoms. The maximum Gasteiger partial charge on any atom is 0.253 e. The number of nitrogens with two attached hydrogens (primary N) is 1. The first-order valence-electron chi connectivity index (χ1n) is 6.97. The minimum Gasteiger partial charge on any atom is -0.338 e. The Morgan fingerprint density at radius 3 is 2.80 bits per heavy atom. The Labute approximate surface area is 123 Å². The highest BCUT2D eigenvalue weighted by Gasteiger charge is 2.30. The third-order valence-corrected chi connectivity index (χ3v) is 4.46. The van der Waals surface area contributed by atoms with Gasteiger partial charge < -0.3 is 10.6 Å². The highest BCUT2D eigenvalue weighted by Crippen LogP contribution is 2.28. The normalized spacial score (nSPS) is 22.6. The zero-order chi connectivity index (χ0) is 14.7. The van der Waals surface area contributed by atoms with Gasteiger partial charge in [-0.3, -0.25) is 4.79 Å². The second-order valence-corrected chi connectivity index (χ2v) is 5.80. The molecule has 3 nitrogen and oxygen atoms in total. The molecule has 1 saturated carbocycles. The summed E-state index contributed by atoms with van der Waals surface area (Å²) < 4.78 is 13.5. The van der Waals surface area contributed by atoms with E-state index in [0.29, 0.717) is 18.0 Å². The van der Waals surface area contributed by atoms with Crippen LogP contribution in [-0.4, -0.2) is 30.4 Å². The molecule has 1 amide bonds. The van der Waals surface area contributed by atoms with E-state index in [0.717, 1.165) is 25.7 Å². The van der Waals surface area contributed by atoms with E-state index in [1.165, 1.54) is 12.1 Å². The molecule has 110 valence electrons. The van der Waals surface area contributed by atoms with Gasteiger partial charge in [0.25, 0.3) is 5.91 Å². The molecule has 0 radical (unpaired) electrons. The minimum absolute atomic E-state index is 0.0294. The van der Waals surface area contributed by atoms with Crippen LogP contribution in [0.5, 0.6) is 0 Å². The van der Waals surface area contributed by atoms with Gasteiger partial charge in [0, 0.05) is 18.7 Å². The van der Waals surface area contributed by atoms with Crippen molar-refractivity contribution < 1.29 is 9.18 Å². The number of hydrogen-bond donors (Lipinski definition) is 1. The van der Waals surface area contributed by atoms with Gasteiger partial charge in [-0.25, -0.2) is 4.39 Å². The summed E-state index contributed by atoms with van der Waals surface area (Å²) in [5, 5.41) is 0.0294. The molecular weight excluding hydrogens is 279 g/mol. The number of carbonyl (C=O) groups excluding carboxylic acids is 1. The Hall–Kier alpha value is -1.13. The smallest absolute Gasteiger partial charge is 0.253 e. The van der Waals surface area contributed by atoms with Crippen LogP contribution in [0.4, 0.5) is 4.39 Å². The molecule has 0 saturated heterocycles. The molecule has 5 heteroatoms. The van der Waals surface area contributed by atoms with E-state index in [1.807, 2.05) is 0 Å². The Morgan fingerprint density at radius 1 is 1.45 bits per heavy atom. The van der Waals surface area contributed by atoms with Crippen molar-refractivity contribution in [1.29, 1.82) is 0 Å². The Bertz CT molecular complexity index is 495. The Kier molecular flexibility index (Phi) is 5.00. The van der Waals surface area contributed by atoms with Crippen molar-refractivity contribution in [3.63, 3.8) is 0 Å². The molecule has 1 aliphatic carbocycles. The number of rotatable bonds is 3. The van der Waals surface area contributed by atoms with Crippen LogP contribution in [0.2, 0.25) is 5.02 Å². The van der Waals surface area contributed by atoms with Crippen molar-refractivity contribution in [2.24, 2.45) is 11.7 Å². The highest BCUT2D eigenvalue weighted by molar-refractivity contribution is 6.30. The lowest BCUT2D eigenvalue weighted by molar-refractivity contribution is 0.0620. The third-order valence-electron chi connectivity index (χ3n) is 4.16. The summed E-state index contributed by atoms with van der Waals surface area (Å²) in [6, 6.07) is 4.31. The van der Waals surface area contributed by atoms with E-state index in [2.05, 4.69) is 0 Å². The monoisotopic (exact) mass is 298 g/mol. The molecule has 1 fully saturated rings. The topological polar surface area (TPSA) is 46.3 Å². The summed E-state index contributed by atoms with van der Waals surface area (Å²) in [6.45, 7) is 0.581. The van der Waals surface area contributed by atoms with Gasteiger partial charge in [-0.15, -0.1) is 0 Å². The van der Waals surface area contributed by atoms with Crippen LogP contribution < -0.4 is 5.73 Å². The van der Waals surface area contributed by atoms with E-state index in [9.17, 15) is 9.18 Å². The van der Waals surface area contributed by atoms with E-state index in [4.69, 9.17) is 17.3 Å². The molecule has 0 bridgehead atoms. The van der Waals surface area contributed by atoms with Crippen LogP contribution in [0.25, 0.3) is 0 Å². The number of hydrogen-bond acceptors (Lipinski definition) is 2. The molecule has 0 aliphatic heterocycles. The number of carbonyl (C=O) groups is 1. The van der Waals surface area contributed by atoms with E-state index in [1.54, 1.807) is 18.0 Å². The van der Waals surface area contributed by atoms with Gasteiger partial charge in [-0.05, 0) is 43.5 Å². The van der Waals surface area contributed by atoms with E-state index >= 15 is 0 Å². The number of halogens is 2. The molecule has 0 heterocycles. The highest BCUT2D eigenvalue weighted by atomic mass is 35.5. The molecule has 2 N–H and O–H groups in total. The first-order valence-corrected chi connectivity index (χ1v) is 7.34. The third kappa shape index (κ3) is 3.13. The van der Waals surface area contributed by atoms with Crippen LogP contribution in [0.3, 0.4) is 0 Å². The van der Waals surface area contributed by atoms with Gasteiger partial charge in [0.15, 0.2) is 0 Å². The number of amides is 1. The fourth-order valence-electron chi connectivity index (χ4n) is 2.96. The van der Waals surface area contributed by atoms with Crippen molar-refractivity contribution in [3.8, 4) is 0 Å². The fourth-order valence-corrected chi connectivity index (χ4v) is 3.07. The quantitative estimate of drug-likeness (QED) is 0.932. The molecule has 1 aromatic rings. The molecule has 20 heavy (non-hydrogen) atoms. The van der Waals surface area contributed by atoms with Crippen LogP contribution >= 0.6 is 11.6 Å². The molecule has 2 rings (SSSR count). The number of nitrogens with zero attached hydrogens (tertiary/aromatic N) is 1.